The molecule has 1 atom stereocenters. The lowest BCUT2D eigenvalue weighted by Gasteiger charge is -2.41. The van der Waals surface area contributed by atoms with Gasteiger partial charge in [-0.25, -0.2) is 9.78 Å². The molecule has 1 unspecified atom stereocenters. The summed E-state index contributed by atoms with van der Waals surface area (Å²) in [7, 11) is 0. The highest BCUT2D eigenvalue weighted by molar-refractivity contribution is 6.30. The SMILES string of the molecule is CC1CN(C(=O)OC(C)(C)C)CCN1c1nccc2c1c(-c1ccccn1)cn2-c1cccc(Cl)c1. The van der Waals surface area contributed by atoms with E-state index in [0.717, 1.165) is 33.7 Å². The van der Waals surface area contributed by atoms with Crippen LogP contribution in [-0.4, -0.2) is 56.8 Å². The van der Waals surface area contributed by atoms with E-state index in [0.29, 0.717) is 24.7 Å². The van der Waals surface area contributed by atoms with Crippen LogP contribution in [0.15, 0.2) is 67.1 Å². The van der Waals surface area contributed by atoms with Crippen molar-refractivity contribution in [3.8, 4) is 16.9 Å². The predicted molar refractivity (Wildman–Crippen MR) is 144 cm³/mol. The summed E-state index contributed by atoms with van der Waals surface area (Å²) in [5.74, 6) is 0.880. The summed E-state index contributed by atoms with van der Waals surface area (Å²) >= 11 is 6.33. The number of halogens is 1. The van der Waals surface area contributed by atoms with Crippen LogP contribution in [0.25, 0.3) is 27.8 Å². The molecular weight excluding hydrogens is 474 g/mol. The second kappa shape index (κ2) is 9.47. The van der Waals surface area contributed by atoms with E-state index in [1.54, 1.807) is 11.1 Å². The second-order valence-electron chi connectivity index (χ2n) is 10.1. The van der Waals surface area contributed by atoms with E-state index in [9.17, 15) is 4.79 Å². The van der Waals surface area contributed by atoms with Gasteiger partial charge in [0.1, 0.15) is 11.4 Å². The fraction of sp³-hybridized carbons (Fsp3) is 0.321. The molecule has 4 heterocycles. The summed E-state index contributed by atoms with van der Waals surface area (Å²) in [5, 5.41) is 1.70. The average molecular weight is 504 g/mol. The quantitative estimate of drug-likeness (QED) is 0.333. The number of amides is 1. The molecule has 1 saturated heterocycles. The Labute approximate surface area is 216 Å². The molecular formula is C28H30ClN5O2. The Morgan fingerprint density at radius 1 is 1.06 bits per heavy atom. The first-order chi connectivity index (χ1) is 17.2. The molecule has 0 bridgehead atoms. The summed E-state index contributed by atoms with van der Waals surface area (Å²) in [5.41, 5.74) is 3.33. The molecule has 186 valence electrons. The van der Waals surface area contributed by atoms with E-state index < -0.39 is 5.60 Å². The fourth-order valence-corrected chi connectivity index (χ4v) is 4.89. The molecule has 0 saturated carbocycles. The van der Waals surface area contributed by atoms with Crippen LogP contribution < -0.4 is 4.90 Å². The van der Waals surface area contributed by atoms with Gasteiger partial charge in [0.15, 0.2) is 0 Å². The van der Waals surface area contributed by atoms with Gasteiger partial charge < -0.3 is 19.1 Å². The Hall–Kier alpha value is -3.58. The highest BCUT2D eigenvalue weighted by Crippen LogP contribution is 2.38. The molecule has 3 aromatic heterocycles. The summed E-state index contributed by atoms with van der Waals surface area (Å²) in [6.07, 6.45) is 5.47. The summed E-state index contributed by atoms with van der Waals surface area (Å²) in [6, 6.07) is 15.8. The Morgan fingerprint density at radius 3 is 2.58 bits per heavy atom. The van der Waals surface area contributed by atoms with Crippen LogP contribution in [-0.2, 0) is 4.74 Å². The highest BCUT2D eigenvalue weighted by Gasteiger charge is 2.32. The first kappa shape index (κ1) is 24.1. The second-order valence-corrected chi connectivity index (χ2v) is 10.5. The molecule has 1 fully saturated rings. The van der Waals surface area contributed by atoms with Crippen molar-refractivity contribution in [1.82, 2.24) is 19.4 Å². The van der Waals surface area contributed by atoms with Gasteiger partial charge in [-0.2, -0.15) is 0 Å². The van der Waals surface area contributed by atoms with Crippen molar-refractivity contribution >= 4 is 34.4 Å². The van der Waals surface area contributed by atoms with Gasteiger partial charge in [0.25, 0.3) is 0 Å². The molecule has 0 spiro atoms. The van der Waals surface area contributed by atoms with Crippen LogP contribution in [0.1, 0.15) is 27.7 Å². The Balaban J connectivity index is 1.58. The lowest BCUT2D eigenvalue weighted by atomic mass is 10.1. The number of aromatic nitrogens is 3. The smallest absolute Gasteiger partial charge is 0.410 e. The number of piperazine rings is 1. The fourth-order valence-electron chi connectivity index (χ4n) is 4.70. The van der Waals surface area contributed by atoms with Gasteiger partial charge in [-0.1, -0.05) is 23.7 Å². The number of hydrogen-bond donors (Lipinski definition) is 0. The maximum absolute atomic E-state index is 12.7. The van der Waals surface area contributed by atoms with Crippen LogP contribution >= 0.6 is 11.6 Å². The van der Waals surface area contributed by atoms with E-state index in [2.05, 4.69) is 27.6 Å². The molecule has 5 rings (SSSR count). The summed E-state index contributed by atoms with van der Waals surface area (Å²) in [4.78, 5) is 26.2. The van der Waals surface area contributed by atoms with E-state index >= 15 is 0 Å². The number of hydrogen-bond acceptors (Lipinski definition) is 5. The first-order valence-corrected chi connectivity index (χ1v) is 12.5. The Morgan fingerprint density at radius 2 is 1.89 bits per heavy atom. The largest absolute Gasteiger partial charge is 0.444 e. The van der Waals surface area contributed by atoms with E-state index in [4.69, 9.17) is 21.3 Å². The molecule has 4 aromatic rings. The number of pyridine rings is 2. The average Bonchev–Trinajstić information content (AvgIpc) is 3.24. The van der Waals surface area contributed by atoms with Crippen molar-refractivity contribution in [2.75, 3.05) is 24.5 Å². The zero-order valence-electron chi connectivity index (χ0n) is 21.0. The third-order valence-electron chi connectivity index (χ3n) is 6.27. The van der Waals surface area contributed by atoms with Crippen LogP contribution in [0.2, 0.25) is 5.02 Å². The third-order valence-corrected chi connectivity index (χ3v) is 6.51. The Bertz CT molecular complexity index is 1400. The van der Waals surface area contributed by atoms with Gasteiger partial charge in [0, 0.05) is 60.5 Å². The third kappa shape index (κ3) is 4.75. The zero-order valence-corrected chi connectivity index (χ0v) is 21.7. The molecule has 1 aliphatic rings. The minimum atomic E-state index is -0.522. The van der Waals surface area contributed by atoms with Crippen molar-refractivity contribution < 1.29 is 9.53 Å². The monoisotopic (exact) mass is 503 g/mol. The van der Waals surface area contributed by atoms with E-state index in [-0.39, 0.29) is 12.1 Å². The van der Waals surface area contributed by atoms with Crippen LogP contribution in [0.4, 0.5) is 10.6 Å². The number of ether oxygens (including phenoxy) is 1. The van der Waals surface area contributed by atoms with Gasteiger partial charge in [0.05, 0.1) is 16.6 Å². The molecule has 36 heavy (non-hydrogen) atoms. The molecule has 8 heteroatoms. The number of carbonyl (C=O) groups excluding carboxylic acids is 1. The Kier molecular flexibility index (Phi) is 6.35. The van der Waals surface area contributed by atoms with Crippen LogP contribution in [0, 0.1) is 0 Å². The van der Waals surface area contributed by atoms with Gasteiger partial charge in [-0.15, -0.1) is 0 Å². The minimum absolute atomic E-state index is 0.0514. The van der Waals surface area contributed by atoms with Crippen molar-refractivity contribution in [1.29, 1.82) is 0 Å². The normalized spacial score (nSPS) is 16.4. The number of carbonyl (C=O) groups is 1. The van der Waals surface area contributed by atoms with E-state index in [1.165, 1.54) is 0 Å². The maximum atomic E-state index is 12.7. The lowest BCUT2D eigenvalue weighted by molar-refractivity contribution is 0.0218. The molecule has 0 radical (unpaired) electrons. The molecule has 1 amide bonds. The summed E-state index contributed by atoms with van der Waals surface area (Å²) in [6.45, 7) is 9.55. The molecule has 0 aliphatic carbocycles. The molecule has 0 N–H and O–H groups in total. The number of rotatable bonds is 3. The van der Waals surface area contributed by atoms with Crippen molar-refractivity contribution in [3.63, 3.8) is 0 Å². The molecule has 1 aromatic carbocycles. The number of fused-ring (bicyclic) bond motifs is 1. The zero-order chi connectivity index (χ0) is 25.4. The molecule has 1 aliphatic heterocycles. The van der Waals surface area contributed by atoms with Gasteiger partial charge in [0.2, 0.25) is 0 Å². The van der Waals surface area contributed by atoms with Crippen molar-refractivity contribution in [3.05, 3.63) is 72.1 Å². The summed E-state index contributed by atoms with van der Waals surface area (Å²) < 4.78 is 7.74. The maximum Gasteiger partial charge on any atom is 0.410 e. The van der Waals surface area contributed by atoms with Crippen molar-refractivity contribution in [2.45, 2.75) is 39.3 Å². The number of benzene rings is 1. The predicted octanol–water partition coefficient (Wildman–Crippen LogP) is 6.19. The van der Waals surface area contributed by atoms with Gasteiger partial charge in [-0.05, 0) is 64.1 Å². The van der Waals surface area contributed by atoms with E-state index in [1.807, 2.05) is 75.5 Å². The van der Waals surface area contributed by atoms with Crippen LogP contribution in [0.3, 0.4) is 0 Å². The topological polar surface area (TPSA) is 63.5 Å². The minimum Gasteiger partial charge on any atom is -0.444 e. The standard InChI is InChI=1S/C28H30ClN5O2/c1-19-17-32(27(35)36-28(2,3)4)14-15-33(19)26-25-22(23-10-5-6-12-30-23)18-34(24(25)11-13-31-26)21-9-7-8-20(29)16-21/h5-13,16,18-19H,14-15,17H2,1-4H3. The lowest BCUT2D eigenvalue weighted by Crippen LogP contribution is -2.54. The van der Waals surface area contributed by atoms with Crippen molar-refractivity contribution in [2.24, 2.45) is 0 Å². The number of anilines is 1. The van der Waals surface area contributed by atoms with Gasteiger partial charge >= 0.3 is 6.09 Å². The number of nitrogens with zero attached hydrogens (tertiary/aromatic N) is 5. The molecule has 7 nitrogen and oxygen atoms in total. The van der Waals surface area contributed by atoms with Crippen LogP contribution in [0.5, 0.6) is 0 Å². The highest BCUT2D eigenvalue weighted by atomic mass is 35.5. The first-order valence-electron chi connectivity index (χ1n) is 12.1. The van der Waals surface area contributed by atoms with Gasteiger partial charge in [-0.3, -0.25) is 4.98 Å².